The Kier molecular flexibility index (Phi) is 9.21. The molecule has 3 atom stereocenters. The molecular formula is C19H36O6S2. The van der Waals surface area contributed by atoms with Gasteiger partial charge < -0.3 is 29.2 Å². The summed E-state index contributed by atoms with van der Waals surface area (Å²) in [6, 6.07) is 0. The van der Waals surface area contributed by atoms with Crippen LogP contribution in [0.4, 0.5) is 0 Å². The van der Waals surface area contributed by atoms with E-state index in [-0.39, 0.29) is 34.7 Å². The molecule has 1 spiro atoms. The van der Waals surface area contributed by atoms with E-state index in [9.17, 15) is 10.2 Å². The first kappa shape index (κ1) is 23.7. The van der Waals surface area contributed by atoms with Gasteiger partial charge in [-0.1, -0.05) is 13.8 Å². The van der Waals surface area contributed by atoms with Crippen LogP contribution in [-0.4, -0.2) is 85.4 Å². The number of aliphatic hydroxyl groups excluding tert-OH is 2. The van der Waals surface area contributed by atoms with E-state index in [2.05, 4.69) is 13.8 Å². The molecule has 0 aromatic rings. The molecule has 2 fully saturated rings. The minimum atomic E-state index is -0.799. The average Bonchev–Trinajstić information content (AvgIpc) is 2.73. The molecule has 0 bridgehead atoms. The zero-order valence-corrected chi connectivity index (χ0v) is 18.7. The Morgan fingerprint density at radius 2 is 1.48 bits per heavy atom. The van der Waals surface area contributed by atoms with Crippen molar-refractivity contribution < 1.29 is 29.2 Å². The Morgan fingerprint density at radius 3 is 1.96 bits per heavy atom. The van der Waals surface area contributed by atoms with Gasteiger partial charge in [0.15, 0.2) is 5.79 Å². The van der Waals surface area contributed by atoms with Crippen molar-refractivity contribution in [3.63, 3.8) is 0 Å². The number of hydrogen-bond donors (Lipinski definition) is 2. The summed E-state index contributed by atoms with van der Waals surface area (Å²) in [6.07, 6.45) is 6.24. The highest BCUT2D eigenvalue weighted by Crippen LogP contribution is 2.42. The molecule has 0 amide bonds. The van der Waals surface area contributed by atoms with E-state index in [1.807, 2.05) is 12.5 Å². The van der Waals surface area contributed by atoms with Gasteiger partial charge in [0.1, 0.15) is 5.44 Å². The van der Waals surface area contributed by atoms with E-state index in [4.69, 9.17) is 18.9 Å². The van der Waals surface area contributed by atoms with E-state index >= 15 is 0 Å². The zero-order chi connectivity index (χ0) is 20.0. The van der Waals surface area contributed by atoms with Crippen molar-refractivity contribution >= 4 is 23.5 Å². The summed E-state index contributed by atoms with van der Waals surface area (Å²) in [5, 5.41) is 19.7. The topological polar surface area (TPSA) is 77.4 Å². The second-order valence-electron chi connectivity index (χ2n) is 7.83. The molecule has 6 nitrogen and oxygen atoms in total. The van der Waals surface area contributed by atoms with Crippen molar-refractivity contribution in [2.45, 2.75) is 49.6 Å². The van der Waals surface area contributed by atoms with Crippen LogP contribution in [0.3, 0.4) is 0 Å². The van der Waals surface area contributed by atoms with Gasteiger partial charge in [-0.2, -0.15) is 11.8 Å². The molecule has 0 aromatic carbocycles. The summed E-state index contributed by atoms with van der Waals surface area (Å²) >= 11 is 3.30. The van der Waals surface area contributed by atoms with Crippen molar-refractivity contribution in [2.75, 3.05) is 58.8 Å². The van der Waals surface area contributed by atoms with Crippen LogP contribution in [0.5, 0.6) is 0 Å². The summed E-state index contributed by atoms with van der Waals surface area (Å²) in [6.45, 7) is 6.52. The Labute approximate surface area is 172 Å². The van der Waals surface area contributed by atoms with Gasteiger partial charge in [0, 0.05) is 17.3 Å². The maximum Gasteiger partial charge on any atom is 0.185 e. The molecule has 0 aliphatic carbocycles. The zero-order valence-electron chi connectivity index (χ0n) is 17.1. The van der Waals surface area contributed by atoms with Gasteiger partial charge in [-0.15, -0.1) is 11.8 Å². The maximum atomic E-state index is 9.91. The summed E-state index contributed by atoms with van der Waals surface area (Å²) in [7, 11) is 0. The lowest BCUT2D eigenvalue weighted by molar-refractivity contribution is -0.319. The lowest BCUT2D eigenvalue weighted by Crippen LogP contribution is -2.58. The highest BCUT2D eigenvalue weighted by molar-refractivity contribution is 7.99. The first-order valence-electron chi connectivity index (χ1n) is 9.71. The third-order valence-corrected chi connectivity index (χ3v) is 8.05. The molecule has 0 radical (unpaired) electrons. The van der Waals surface area contributed by atoms with E-state index in [1.54, 1.807) is 23.5 Å². The Bertz CT molecular complexity index is 432. The highest BCUT2D eigenvalue weighted by atomic mass is 32.2. The number of hydrogen-bond acceptors (Lipinski definition) is 8. The van der Waals surface area contributed by atoms with E-state index < -0.39 is 5.79 Å². The summed E-state index contributed by atoms with van der Waals surface area (Å²) < 4.78 is 24.9. The lowest BCUT2D eigenvalue weighted by atomic mass is 9.86. The van der Waals surface area contributed by atoms with Crippen LogP contribution in [-0.2, 0) is 18.9 Å². The third kappa shape index (κ3) is 5.34. The molecule has 2 saturated heterocycles. The van der Waals surface area contributed by atoms with E-state index in [1.165, 1.54) is 0 Å². The molecule has 2 aliphatic rings. The number of ether oxygens (including phenoxy) is 4. The van der Waals surface area contributed by atoms with Crippen LogP contribution >= 0.6 is 23.5 Å². The molecule has 3 unspecified atom stereocenters. The van der Waals surface area contributed by atoms with E-state index in [0.29, 0.717) is 39.5 Å². The van der Waals surface area contributed by atoms with Gasteiger partial charge in [0.05, 0.1) is 51.5 Å². The first-order chi connectivity index (χ1) is 13.0. The van der Waals surface area contributed by atoms with Crippen molar-refractivity contribution in [3.8, 4) is 0 Å². The number of thioether (sulfide) groups is 2. The number of rotatable bonds is 6. The molecule has 2 rings (SSSR count). The van der Waals surface area contributed by atoms with Crippen LogP contribution in [0.2, 0.25) is 0 Å². The fraction of sp³-hybridized carbons (Fsp3) is 1.00. The molecule has 0 aromatic heterocycles. The quantitative estimate of drug-likeness (QED) is 0.673. The van der Waals surface area contributed by atoms with E-state index in [0.717, 1.165) is 12.8 Å². The van der Waals surface area contributed by atoms with Crippen molar-refractivity contribution in [1.29, 1.82) is 0 Å². The van der Waals surface area contributed by atoms with Gasteiger partial charge in [-0.05, 0) is 25.4 Å². The minimum absolute atomic E-state index is 0.0179. The average molecular weight is 425 g/mol. The largest absolute Gasteiger partial charge is 0.396 e. The molecule has 27 heavy (non-hydrogen) atoms. The fourth-order valence-electron chi connectivity index (χ4n) is 3.39. The van der Waals surface area contributed by atoms with Crippen molar-refractivity contribution in [2.24, 2.45) is 10.8 Å². The van der Waals surface area contributed by atoms with Crippen LogP contribution in [0.1, 0.15) is 33.1 Å². The predicted octanol–water partition coefficient (Wildman–Crippen LogP) is 2.36. The van der Waals surface area contributed by atoms with Gasteiger partial charge in [-0.25, -0.2) is 0 Å². The van der Waals surface area contributed by atoms with Crippen molar-refractivity contribution in [3.05, 3.63) is 0 Å². The van der Waals surface area contributed by atoms with Crippen LogP contribution < -0.4 is 0 Å². The highest BCUT2D eigenvalue weighted by Gasteiger charge is 2.50. The molecule has 0 saturated carbocycles. The maximum absolute atomic E-state index is 9.91. The second kappa shape index (κ2) is 10.5. The molecule has 2 N–H and O–H groups in total. The summed E-state index contributed by atoms with van der Waals surface area (Å²) in [5.74, 6) is -0.799. The molecule has 8 heteroatoms. The Morgan fingerprint density at radius 1 is 0.889 bits per heavy atom. The van der Waals surface area contributed by atoms with Crippen LogP contribution in [0.15, 0.2) is 0 Å². The SMILES string of the molecule is CCC1(CO)COCC(SC)C2(CC(SC)OC1)OCC(CC)(CO)CO2. The number of aliphatic hydroxyl groups is 2. The van der Waals surface area contributed by atoms with Gasteiger partial charge in [-0.3, -0.25) is 0 Å². The predicted molar refractivity (Wildman–Crippen MR) is 110 cm³/mol. The van der Waals surface area contributed by atoms with Gasteiger partial charge in [0.25, 0.3) is 0 Å². The Hall–Kier alpha value is 0.460. The molecule has 160 valence electrons. The standard InChI is InChI=1S/C19H36O6S2/c1-5-17(9-20)11-22-8-15(26-3)19(7-16(27-4)23-12-17)24-13-18(6-2,10-21)14-25-19/h15-16,20-21H,5-14H2,1-4H3. The molecule has 2 aliphatic heterocycles. The summed E-state index contributed by atoms with van der Waals surface area (Å²) in [4.78, 5) is 0. The minimum Gasteiger partial charge on any atom is -0.396 e. The monoisotopic (exact) mass is 424 g/mol. The molecular weight excluding hydrogens is 388 g/mol. The van der Waals surface area contributed by atoms with Crippen LogP contribution in [0, 0.1) is 10.8 Å². The summed E-state index contributed by atoms with van der Waals surface area (Å²) in [5.41, 5.74) is -0.809. The lowest BCUT2D eigenvalue weighted by Gasteiger charge is -2.50. The van der Waals surface area contributed by atoms with Crippen molar-refractivity contribution in [1.82, 2.24) is 0 Å². The Balaban J connectivity index is 2.22. The molecule has 2 heterocycles. The van der Waals surface area contributed by atoms with Gasteiger partial charge >= 0.3 is 0 Å². The second-order valence-corrected chi connectivity index (χ2v) is 9.87. The first-order valence-corrected chi connectivity index (χ1v) is 12.3. The van der Waals surface area contributed by atoms with Gasteiger partial charge in [0.2, 0.25) is 0 Å². The smallest absolute Gasteiger partial charge is 0.185 e. The normalized spacial score (nSPS) is 41.6. The van der Waals surface area contributed by atoms with Crippen LogP contribution in [0.25, 0.3) is 0 Å². The third-order valence-electron chi connectivity index (χ3n) is 6.16. The fourth-order valence-corrected chi connectivity index (χ4v) is 4.82.